The third kappa shape index (κ3) is 1.95. The van der Waals surface area contributed by atoms with Crippen molar-refractivity contribution < 1.29 is 18.5 Å². The Hall–Kier alpha value is -3.71. The Morgan fingerprint density at radius 1 is 0.581 bits per heavy atom. The second-order valence-corrected chi connectivity index (χ2v) is 8.02. The van der Waals surface area contributed by atoms with Gasteiger partial charge in [0.1, 0.15) is 17.2 Å². The van der Waals surface area contributed by atoms with E-state index >= 15 is 0 Å². The van der Waals surface area contributed by atoms with Crippen LogP contribution in [0.1, 0.15) is 0 Å². The Balaban J connectivity index is 1.37. The second kappa shape index (κ2) is 5.50. The van der Waals surface area contributed by atoms with Gasteiger partial charge in [0.25, 0.3) is 0 Å². The molecule has 4 aliphatic heterocycles. The van der Waals surface area contributed by atoms with E-state index in [0.29, 0.717) is 0 Å². The fraction of sp³-hybridized carbons (Fsp3) is 0. The van der Waals surface area contributed by atoms with Gasteiger partial charge >= 0.3 is 21.6 Å². The van der Waals surface area contributed by atoms with Crippen molar-refractivity contribution >= 4 is 54.9 Å². The summed E-state index contributed by atoms with van der Waals surface area (Å²) >= 11 is 0. The van der Waals surface area contributed by atoms with Crippen LogP contribution in [0.2, 0.25) is 0 Å². The predicted octanol–water partition coefficient (Wildman–Crippen LogP) is 3.36. The first kappa shape index (κ1) is 16.0. The number of fused-ring (bicyclic) bond motifs is 7. The van der Waals surface area contributed by atoms with E-state index in [4.69, 9.17) is 18.5 Å². The molecule has 0 spiro atoms. The topological polar surface area (TPSA) is 43.4 Å². The molecule has 4 aromatic rings. The number of hydrogen-bond acceptors (Lipinski definition) is 6. The third-order valence-electron chi connectivity index (χ3n) is 6.42. The van der Waals surface area contributed by atoms with E-state index in [2.05, 4.69) is 35.1 Å². The van der Waals surface area contributed by atoms with E-state index in [-0.39, 0.29) is 7.05 Å². The molecule has 4 aliphatic rings. The van der Waals surface area contributed by atoms with Gasteiger partial charge in [-0.3, -0.25) is 0 Å². The molecule has 0 amide bonds. The van der Waals surface area contributed by atoms with E-state index in [9.17, 15) is 0 Å². The fourth-order valence-corrected chi connectivity index (χ4v) is 5.15. The molecule has 0 N–H and O–H groups in total. The van der Waals surface area contributed by atoms with Crippen molar-refractivity contribution in [3.63, 3.8) is 0 Å². The highest BCUT2D eigenvalue weighted by molar-refractivity contribution is 6.91. The maximum Gasteiger partial charge on any atom is 0.727 e. The van der Waals surface area contributed by atoms with Crippen LogP contribution < -0.4 is 29.0 Å². The Kier molecular flexibility index (Phi) is 2.85. The number of nitrogens with zero attached hydrogens (tertiary/aromatic N) is 2. The van der Waals surface area contributed by atoms with Crippen molar-refractivity contribution in [2.45, 2.75) is 0 Å². The van der Waals surface area contributed by atoms with Crippen LogP contribution in [0.25, 0.3) is 10.8 Å². The van der Waals surface area contributed by atoms with Gasteiger partial charge < -0.3 is 28.1 Å². The van der Waals surface area contributed by atoms with Gasteiger partial charge in [-0.1, -0.05) is 42.5 Å². The average molecular weight is 402 g/mol. The van der Waals surface area contributed by atoms with Gasteiger partial charge in [0.05, 0.1) is 5.69 Å². The third-order valence-corrected chi connectivity index (χ3v) is 6.42. The summed E-state index contributed by atoms with van der Waals surface area (Å²) in [6, 6.07) is 26.4. The summed E-state index contributed by atoms with van der Waals surface area (Å²) in [5.74, 6) is 2.38. The monoisotopic (exact) mass is 402 g/mol. The van der Waals surface area contributed by atoms with Gasteiger partial charge in [-0.25, -0.2) is 0 Å². The Morgan fingerprint density at radius 3 is 2.23 bits per heavy atom. The summed E-state index contributed by atoms with van der Waals surface area (Å²) in [4.78, 5) is 2.12. The lowest BCUT2D eigenvalue weighted by atomic mass is 9.59. The molecule has 0 atom stereocenters. The maximum atomic E-state index is 6.63. The van der Waals surface area contributed by atoms with E-state index in [1.807, 2.05) is 53.3 Å². The zero-order valence-electron chi connectivity index (χ0n) is 16.3. The molecule has 0 saturated heterocycles. The summed E-state index contributed by atoms with van der Waals surface area (Å²) in [6.07, 6.45) is 0. The van der Waals surface area contributed by atoms with Crippen molar-refractivity contribution in [1.82, 2.24) is 0 Å². The lowest BCUT2D eigenvalue weighted by Gasteiger charge is -2.45. The van der Waals surface area contributed by atoms with E-state index in [1.165, 1.54) is 0 Å². The summed E-state index contributed by atoms with van der Waals surface area (Å²) in [5.41, 5.74) is 4.01. The van der Waals surface area contributed by atoms with Gasteiger partial charge in [-0.05, 0) is 41.8 Å². The molecular weight excluding hydrogens is 389 g/mol. The van der Waals surface area contributed by atoms with Crippen LogP contribution >= 0.6 is 0 Å². The predicted molar refractivity (Wildman–Crippen MR) is 121 cm³/mol. The SMILES string of the molecule is c1ccc2c(c1)OB1Oc3cccc4c3B(OB3Oc5cccc6cccc(c56)N34)N12. The summed E-state index contributed by atoms with van der Waals surface area (Å²) in [6.45, 7) is 0. The largest absolute Gasteiger partial charge is 0.727 e. The summed E-state index contributed by atoms with van der Waals surface area (Å²) in [5, 5.41) is 2.23. The minimum absolute atomic E-state index is 0.390. The molecule has 31 heavy (non-hydrogen) atoms. The molecule has 6 nitrogen and oxygen atoms in total. The lowest BCUT2D eigenvalue weighted by Crippen LogP contribution is -2.70. The quantitative estimate of drug-likeness (QED) is 0.421. The van der Waals surface area contributed by atoms with Crippen LogP contribution in [0.3, 0.4) is 0 Å². The molecule has 0 aromatic heterocycles. The molecule has 4 aromatic carbocycles. The molecule has 4 heterocycles. The van der Waals surface area contributed by atoms with Gasteiger partial charge in [0.15, 0.2) is 0 Å². The molecular formula is C22H13B3N2O4. The number of benzene rings is 4. The first-order chi connectivity index (χ1) is 15.4. The molecule has 9 heteroatoms. The molecule has 0 fully saturated rings. The number of rotatable bonds is 0. The highest BCUT2D eigenvalue weighted by Gasteiger charge is 2.59. The van der Waals surface area contributed by atoms with E-state index < -0.39 is 14.5 Å². The van der Waals surface area contributed by atoms with Gasteiger partial charge in [0, 0.05) is 22.2 Å². The van der Waals surface area contributed by atoms with Crippen molar-refractivity contribution in [1.29, 1.82) is 0 Å². The maximum absolute atomic E-state index is 6.63. The molecule has 0 aliphatic carbocycles. The Bertz CT molecular complexity index is 1410. The van der Waals surface area contributed by atoms with Crippen molar-refractivity contribution in [3.8, 4) is 17.2 Å². The van der Waals surface area contributed by atoms with Crippen LogP contribution in [0.4, 0.5) is 17.1 Å². The Labute approximate surface area is 179 Å². The van der Waals surface area contributed by atoms with Crippen LogP contribution in [-0.4, -0.2) is 21.6 Å². The lowest BCUT2D eigenvalue weighted by molar-refractivity contribution is 0.409. The van der Waals surface area contributed by atoms with E-state index in [1.54, 1.807) is 0 Å². The highest BCUT2D eigenvalue weighted by atomic mass is 16.6. The first-order valence-electron chi connectivity index (χ1n) is 10.3. The average Bonchev–Trinajstić information content (AvgIpc) is 3.18. The number of hydrogen-bond donors (Lipinski definition) is 0. The molecule has 8 rings (SSSR count). The molecule has 0 unspecified atom stereocenters. The van der Waals surface area contributed by atoms with Gasteiger partial charge in [-0.2, -0.15) is 0 Å². The van der Waals surface area contributed by atoms with Crippen molar-refractivity contribution in [2.24, 2.45) is 0 Å². The molecule has 0 radical (unpaired) electrons. The minimum Gasteiger partial charge on any atom is -0.517 e. The van der Waals surface area contributed by atoms with Crippen LogP contribution in [0.5, 0.6) is 17.2 Å². The molecule has 0 saturated carbocycles. The number of para-hydroxylation sites is 2. The van der Waals surface area contributed by atoms with E-state index in [0.717, 1.165) is 50.5 Å². The summed E-state index contributed by atoms with van der Waals surface area (Å²) in [7, 11) is -1.56. The number of anilines is 3. The Morgan fingerprint density at radius 2 is 1.26 bits per heavy atom. The fourth-order valence-electron chi connectivity index (χ4n) is 5.15. The van der Waals surface area contributed by atoms with Gasteiger partial charge in [0.2, 0.25) is 0 Å². The van der Waals surface area contributed by atoms with Crippen LogP contribution in [0, 0.1) is 0 Å². The standard InChI is InChI=1S/C22H13B3N2O4/c1-2-11-18-15(8-1)27-23-22-17(10-5-13-20(22)30-25(27)28-18)26-16-9-3-6-14-7-4-12-19(21(14)16)29-24(26)31-23/h1-13H. The smallest absolute Gasteiger partial charge is 0.517 e. The zero-order chi connectivity index (χ0) is 20.1. The molecule has 144 valence electrons. The minimum atomic E-state index is -0.597. The summed E-state index contributed by atoms with van der Waals surface area (Å²) < 4.78 is 27.4. The molecule has 0 bridgehead atoms. The van der Waals surface area contributed by atoms with Crippen LogP contribution in [0.15, 0.2) is 78.9 Å². The van der Waals surface area contributed by atoms with Crippen LogP contribution in [-0.2, 0) is 4.57 Å². The van der Waals surface area contributed by atoms with Crippen molar-refractivity contribution in [3.05, 3.63) is 78.9 Å². The normalized spacial score (nSPS) is 16.7. The first-order valence-corrected chi connectivity index (χ1v) is 10.3. The zero-order valence-corrected chi connectivity index (χ0v) is 16.3. The van der Waals surface area contributed by atoms with Crippen molar-refractivity contribution in [2.75, 3.05) is 9.53 Å². The highest BCUT2D eigenvalue weighted by Crippen LogP contribution is 2.47. The van der Waals surface area contributed by atoms with Gasteiger partial charge in [-0.15, -0.1) is 0 Å². The second-order valence-electron chi connectivity index (χ2n) is 8.02.